The molecule has 1 atom stereocenters. The van der Waals surface area contributed by atoms with Crippen molar-refractivity contribution in [2.75, 3.05) is 16.8 Å². The van der Waals surface area contributed by atoms with Crippen LogP contribution >= 0.6 is 23.4 Å². The molecule has 110 valence electrons. The van der Waals surface area contributed by atoms with Crippen molar-refractivity contribution in [3.8, 4) is 0 Å². The predicted octanol–water partition coefficient (Wildman–Crippen LogP) is 4.50. The first-order valence-electron chi connectivity index (χ1n) is 6.57. The van der Waals surface area contributed by atoms with Crippen molar-refractivity contribution in [3.63, 3.8) is 0 Å². The Morgan fingerprint density at radius 2 is 2.20 bits per heavy atom. The third-order valence-corrected chi connectivity index (χ3v) is 5.39. The summed E-state index contributed by atoms with van der Waals surface area (Å²) in [5.74, 6) is 2.22. The summed E-state index contributed by atoms with van der Waals surface area (Å²) in [7, 11) is 0. The van der Waals surface area contributed by atoms with E-state index in [-0.39, 0.29) is 10.7 Å². The zero-order valence-electron chi connectivity index (χ0n) is 11.9. The molecule has 0 saturated carbocycles. The normalized spacial score (nSPS) is 21.5. The Hall–Kier alpha value is -0.940. The number of nitrogens with one attached hydrogen (secondary N) is 1. The molecule has 0 aromatic heterocycles. The summed E-state index contributed by atoms with van der Waals surface area (Å²) in [5.41, 5.74) is 2.03. The summed E-state index contributed by atoms with van der Waals surface area (Å²) >= 11 is 7.93. The van der Waals surface area contributed by atoms with Gasteiger partial charge in [-0.15, -0.1) is 0 Å². The average Bonchev–Trinajstić information content (AvgIpc) is 2.31. The van der Waals surface area contributed by atoms with E-state index in [1.807, 2.05) is 18.7 Å². The molecular formula is C14H19ClN2O2S. The molecule has 1 aromatic rings. The topological polar surface area (TPSA) is 55.2 Å². The van der Waals surface area contributed by atoms with Gasteiger partial charge in [0.15, 0.2) is 0 Å². The van der Waals surface area contributed by atoms with E-state index < -0.39 is 4.92 Å². The number of anilines is 1. The first kappa shape index (κ1) is 15.4. The lowest BCUT2D eigenvalue weighted by atomic mass is 9.87. The van der Waals surface area contributed by atoms with Gasteiger partial charge in [-0.25, -0.2) is 0 Å². The number of halogens is 1. The third kappa shape index (κ3) is 3.58. The lowest BCUT2D eigenvalue weighted by Gasteiger charge is -2.35. The molecule has 1 aromatic carbocycles. The predicted molar refractivity (Wildman–Crippen MR) is 86.0 cm³/mol. The largest absolute Gasteiger partial charge is 0.381 e. The summed E-state index contributed by atoms with van der Waals surface area (Å²) in [6.07, 6.45) is 1.09. The van der Waals surface area contributed by atoms with Crippen LogP contribution in [0.25, 0.3) is 0 Å². The first-order valence-corrected chi connectivity index (χ1v) is 8.10. The van der Waals surface area contributed by atoms with Gasteiger partial charge in [-0.1, -0.05) is 25.4 Å². The second kappa shape index (κ2) is 5.82. The molecule has 0 amide bonds. The minimum absolute atomic E-state index is 0.0342. The minimum atomic E-state index is -0.446. The molecule has 2 rings (SSSR count). The highest BCUT2D eigenvalue weighted by Crippen LogP contribution is 2.36. The molecule has 20 heavy (non-hydrogen) atoms. The highest BCUT2D eigenvalue weighted by Gasteiger charge is 2.28. The lowest BCUT2D eigenvalue weighted by molar-refractivity contribution is -0.384. The zero-order chi connectivity index (χ0) is 14.9. The minimum Gasteiger partial charge on any atom is -0.381 e. The first-order chi connectivity index (χ1) is 9.28. The number of benzene rings is 1. The summed E-state index contributed by atoms with van der Waals surface area (Å²) in [5, 5.41) is 14.5. The molecule has 1 N–H and O–H groups in total. The van der Waals surface area contributed by atoms with Crippen LogP contribution in [-0.2, 0) is 0 Å². The number of nitro groups is 1. The quantitative estimate of drug-likeness (QED) is 0.659. The van der Waals surface area contributed by atoms with E-state index >= 15 is 0 Å². The van der Waals surface area contributed by atoms with Crippen molar-refractivity contribution in [1.29, 1.82) is 0 Å². The molecule has 1 heterocycles. The van der Waals surface area contributed by atoms with Gasteiger partial charge in [0.2, 0.25) is 0 Å². The zero-order valence-corrected chi connectivity index (χ0v) is 13.5. The van der Waals surface area contributed by atoms with Crippen LogP contribution in [0.15, 0.2) is 12.1 Å². The van der Waals surface area contributed by atoms with Crippen molar-refractivity contribution in [1.82, 2.24) is 0 Å². The molecular weight excluding hydrogens is 296 g/mol. The summed E-state index contributed by atoms with van der Waals surface area (Å²) in [6, 6.07) is 3.58. The average molecular weight is 315 g/mol. The van der Waals surface area contributed by atoms with Gasteiger partial charge < -0.3 is 5.32 Å². The second-order valence-corrected chi connectivity index (χ2v) is 7.54. The Kier molecular flexibility index (Phi) is 4.49. The molecule has 0 radical (unpaired) electrons. The summed E-state index contributed by atoms with van der Waals surface area (Å²) < 4.78 is 0. The van der Waals surface area contributed by atoms with Gasteiger partial charge in [0.1, 0.15) is 5.02 Å². The van der Waals surface area contributed by atoms with E-state index in [0.717, 1.165) is 23.4 Å². The number of nitrogens with zero attached hydrogens (tertiary/aromatic N) is 1. The van der Waals surface area contributed by atoms with Crippen LogP contribution < -0.4 is 5.32 Å². The fraction of sp³-hybridized carbons (Fsp3) is 0.571. The number of rotatable bonds is 3. The maximum atomic E-state index is 10.9. The number of hydrogen-bond donors (Lipinski definition) is 1. The van der Waals surface area contributed by atoms with Gasteiger partial charge in [-0.3, -0.25) is 10.1 Å². The fourth-order valence-electron chi connectivity index (χ4n) is 2.54. The van der Waals surface area contributed by atoms with Gasteiger partial charge in [0, 0.05) is 23.5 Å². The van der Waals surface area contributed by atoms with Gasteiger partial charge in [0.05, 0.1) is 4.92 Å². The lowest BCUT2D eigenvalue weighted by Crippen LogP contribution is -2.35. The fourth-order valence-corrected chi connectivity index (χ4v) is 4.04. The van der Waals surface area contributed by atoms with Crippen LogP contribution in [0.4, 0.5) is 11.4 Å². The van der Waals surface area contributed by atoms with E-state index in [1.54, 1.807) is 6.07 Å². The van der Waals surface area contributed by atoms with Crippen molar-refractivity contribution in [2.24, 2.45) is 5.41 Å². The van der Waals surface area contributed by atoms with E-state index in [2.05, 4.69) is 19.2 Å². The van der Waals surface area contributed by atoms with E-state index in [1.165, 1.54) is 11.8 Å². The van der Waals surface area contributed by atoms with Crippen LogP contribution in [0.1, 0.15) is 25.8 Å². The Morgan fingerprint density at radius 1 is 1.50 bits per heavy atom. The molecule has 4 nitrogen and oxygen atoms in total. The Balaban J connectivity index is 2.18. The Morgan fingerprint density at radius 3 is 2.80 bits per heavy atom. The number of aryl methyl sites for hydroxylation is 1. The van der Waals surface area contributed by atoms with E-state index in [9.17, 15) is 10.1 Å². The molecule has 0 bridgehead atoms. The van der Waals surface area contributed by atoms with Crippen LogP contribution in [0.5, 0.6) is 0 Å². The van der Waals surface area contributed by atoms with Crippen molar-refractivity contribution in [2.45, 2.75) is 33.2 Å². The molecule has 0 aliphatic carbocycles. The summed E-state index contributed by atoms with van der Waals surface area (Å²) in [6.45, 7) is 6.40. The monoisotopic (exact) mass is 314 g/mol. The van der Waals surface area contributed by atoms with Gasteiger partial charge in [0.25, 0.3) is 5.69 Å². The number of hydrogen-bond acceptors (Lipinski definition) is 4. The molecule has 1 saturated heterocycles. The maximum absolute atomic E-state index is 10.9. The maximum Gasteiger partial charge on any atom is 0.288 e. The smallest absolute Gasteiger partial charge is 0.288 e. The highest BCUT2D eigenvalue weighted by atomic mass is 35.5. The third-order valence-electron chi connectivity index (χ3n) is 3.46. The van der Waals surface area contributed by atoms with Gasteiger partial charge >= 0.3 is 0 Å². The second-order valence-electron chi connectivity index (χ2n) is 6.10. The summed E-state index contributed by atoms with van der Waals surface area (Å²) in [4.78, 5) is 10.4. The standard InChI is InChI=1S/C14H19ClN2O2S/c1-9-4-13(17(18)19)11(15)5-12(9)16-10-6-14(2,3)8-20-7-10/h4-5,10,16H,6-8H2,1-3H3. The number of thioether (sulfide) groups is 1. The molecule has 1 unspecified atom stereocenters. The highest BCUT2D eigenvalue weighted by molar-refractivity contribution is 7.99. The van der Waals surface area contributed by atoms with Crippen molar-refractivity contribution < 1.29 is 4.92 Å². The Bertz CT molecular complexity index is 534. The number of nitro benzene ring substituents is 1. The van der Waals surface area contributed by atoms with E-state index in [4.69, 9.17) is 11.6 Å². The van der Waals surface area contributed by atoms with Gasteiger partial charge in [-0.05, 0) is 36.1 Å². The van der Waals surface area contributed by atoms with Crippen molar-refractivity contribution >= 4 is 34.7 Å². The SMILES string of the molecule is Cc1cc([N+](=O)[O-])c(Cl)cc1NC1CSCC(C)(C)C1. The van der Waals surface area contributed by atoms with Crippen LogP contribution in [0.2, 0.25) is 5.02 Å². The molecule has 6 heteroatoms. The van der Waals surface area contributed by atoms with Crippen LogP contribution in [0.3, 0.4) is 0 Å². The van der Waals surface area contributed by atoms with Crippen molar-refractivity contribution in [3.05, 3.63) is 32.8 Å². The van der Waals surface area contributed by atoms with Crippen LogP contribution in [-0.4, -0.2) is 22.5 Å². The molecule has 0 spiro atoms. The molecule has 1 fully saturated rings. The Labute approximate surface area is 128 Å². The molecule has 1 aliphatic rings. The van der Waals surface area contributed by atoms with Crippen LogP contribution in [0, 0.1) is 22.5 Å². The van der Waals surface area contributed by atoms with E-state index in [0.29, 0.717) is 11.5 Å². The molecule has 1 aliphatic heterocycles. The van der Waals surface area contributed by atoms with Gasteiger partial charge in [-0.2, -0.15) is 11.8 Å².